The number of nitrogens with two attached hydrogens (primary N) is 1. The van der Waals surface area contributed by atoms with Crippen molar-refractivity contribution >= 4 is 5.82 Å². The smallest absolute Gasteiger partial charge is 0.128 e. The number of aromatic amines is 1. The van der Waals surface area contributed by atoms with Gasteiger partial charge in [-0.3, -0.25) is 0 Å². The molecule has 3 nitrogen and oxygen atoms in total. The van der Waals surface area contributed by atoms with Crippen molar-refractivity contribution in [3.63, 3.8) is 0 Å². The molecule has 0 saturated heterocycles. The van der Waals surface area contributed by atoms with Crippen molar-refractivity contribution in [1.82, 2.24) is 9.97 Å². The molecule has 60 valence electrons. The van der Waals surface area contributed by atoms with Crippen LogP contribution in [-0.2, 0) is 0 Å². The van der Waals surface area contributed by atoms with Crippen LogP contribution >= 0.6 is 0 Å². The Hall–Kier alpha value is -1.77. The largest absolute Gasteiger partial charge is 0.383 e. The molecule has 0 aliphatic carbocycles. The number of hydrogen-bond donors (Lipinski definition) is 2. The van der Waals surface area contributed by atoms with Crippen molar-refractivity contribution in [2.45, 2.75) is 0 Å². The number of anilines is 1. The Labute approximate surface area is 70.3 Å². The van der Waals surface area contributed by atoms with Gasteiger partial charge in [-0.15, -0.1) is 0 Å². The maximum absolute atomic E-state index is 5.65. The van der Waals surface area contributed by atoms with Crippen LogP contribution in [0.3, 0.4) is 0 Å². The molecule has 2 rings (SSSR count). The summed E-state index contributed by atoms with van der Waals surface area (Å²) >= 11 is 0. The van der Waals surface area contributed by atoms with Gasteiger partial charge in [0, 0.05) is 5.56 Å². The molecular weight excluding hydrogens is 150 g/mol. The lowest BCUT2D eigenvalue weighted by molar-refractivity contribution is 1.32. The van der Waals surface area contributed by atoms with Crippen LogP contribution < -0.4 is 5.73 Å². The van der Waals surface area contributed by atoms with Gasteiger partial charge in [0.1, 0.15) is 11.5 Å². The van der Waals surface area contributed by atoms with E-state index >= 15 is 0 Å². The van der Waals surface area contributed by atoms with E-state index in [-0.39, 0.29) is 0 Å². The Kier molecular flexibility index (Phi) is 1.55. The first-order valence-electron chi connectivity index (χ1n) is 3.72. The highest BCUT2D eigenvalue weighted by molar-refractivity contribution is 5.69. The van der Waals surface area contributed by atoms with Gasteiger partial charge in [-0.1, -0.05) is 30.3 Å². The molecule has 0 saturated carbocycles. The first kappa shape index (κ1) is 6.91. The summed E-state index contributed by atoms with van der Waals surface area (Å²) in [7, 11) is 0. The number of benzene rings is 1. The Morgan fingerprint density at radius 1 is 1.17 bits per heavy atom. The fraction of sp³-hybridized carbons (Fsp3) is 0. The molecule has 0 unspecified atom stereocenters. The van der Waals surface area contributed by atoms with Gasteiger partial charge >= 0.3 is 0 Å². The highest BCUT2D eigenvalue weighted by Gasteiger charge is 2.02. The third kappa shape index (κ3) is 1.05. The molecule has 0 radical (unpaired) electrons. The van der Waals surface area contributed by atoms with Crippen LogP contribution in [0.1, 0.15) is 0 Å². The topological polar surface area (TPSA) is 54.7 Å². The summed E-state index contributed by atoms with van der Waals surface area (Å²) in [5, 5.41) is 0. The average Bonchev–Trinajstić information content (AvgIpc) is 2.53. The minimum absolute atomic E-state index is 0.612. The molecule has 0 amide bonds. The second-order valence-electron chi connectivity index (χ2n) is 2.53. The highest BCUT2D eigenvalue weighted by Crippen LogP contribution is 2.20. The van der Waals surface area contributed by atoms with E-state index in [9.17, 15) is 0 Å². The normalized spacial score (nSPS) is 10.0. The summed E-state index contributed by atoms with van der Waals surface area (Å²) in [5.74, 6) is 0.612. The van der Waals surface area contributed by atoms with E-state index in [2.05, 4.69) is 9.97 Å². The van der Waals surface area contributed by atoms with E-state index in [4.69, 9.17) is 5.73 Å². The minimum atomic E-state index is 0.612. The van der Waals surface area contributed by atoms with Crippen molar-refractivity contribution in [2.24, 2.45) is 0 Å². The van der Waals surface area contributed by atoms with Crippen LogP contribution in [0.5, 0.6) is 0 Å². The zero-order chi connectivity index (χ0) is 8.39. The quantitative estimate of drug-likeness (QED) is 0.664. The van der Waals surface area contributed by atoms with Crippen molar-refractivity contribution in [3.05, 3.63) is 36.7 Å². The van der Waals surface area contributed by atoms with E-state index in [1.54, 1.807) is 6.33 Å². The van der Waals surface area contributed by atoms with Crippen LogP contribution in [0.25, 0.3) is 11.3 Å². The second-order valence-corrected chi connectivity index (χ2v) is 2.53. The molecule has 0 atom stereocenters. The standard InChI is InChI=1S/C9H9N3/c10-9-8(11-6-12-9)7-4-2-1-3-5-7/h1-6H,10H2,(H,11,12). The monoisotopic (exact) mass is 159 g/mol. The lowest BCUT2D eigenvalue weighted by atomic mass is 10.2. The molecule has 0 spiro atoms. The molecule has 1 aromatic carbocycles. The Bertz CT molecular complexity index is 364. The Morgan fingerprint density at radius 3 is 2.50 bits per heavy atom. The van der Waals surface area contributed by atoms with Gasteiger partial charge in [-0.25, -0.2) is 4.98 Å². The number of rotatable bonds is 1. The van der Waals surface area contributed by atoms with Gasteiger partial charge in [-0.2, -0.15) is 0 Å². The summed E-state index contributed by atoms with van der Waals surface area (Å²) in [6.07, 6.45) is 1.59. The van der Waals surface area contributed by atoms with Crippen molar-refractivity contribution in [2.75, 3.05) is 5.73 Å². The first-order valence-corrected chi connectivity index (χ1v) is 3.72. The predicted molar refractivity (Wildman–Crippen MR) is 48.4 cm³/mol. The zero-order valence-electron chi connectivity index (χ0n) is 6.49. The fourth-order valence-electron chi connectivity index (χ4n) is 1.13. The van der Waals surface area contributed by atoms with Gasteiger partial charge in [-0.05, 0) is 0 Å². The molecule has 0 aliphatic rings. The molecule has 3 N–H and O–H groups in total. The SMILES string of the molecule is Nc1[nH]cnc1-c1ccccc1. The van der Waals surface area contributed by atoms with Gasteiger partial charge in [0.15, 0.2) is 0 Å². The number of nitrogen functional groups attached to an aromatic ring is 1. The Morgan fingerprint density at radius 2 is 1.92 bits per heavy atom. The lowest BCUT2D eigenvalue weighted by Gasteiger charge is -1.95. The lowest BCUT2D eigenvalue weighted by Crippen LogP contribution is -1.87. The van der Waals surface area contributed by atoms with Gasteiger partial charge in [0.05, 0.1) is 6.33 Å². The first-order chi connectivity index (χ1) is 5.88. The second kappa shape index (κ2) is 2.70. The van der Waals surface area contributed by atoms with E-state index in [1.165, 1.54) is 0 Å². The number of nitrogens with one attached hydrogen (secondary N) is 1. The van der Waals surface area contributed by atoms with Crippen LogP contribution in [0.2, 0.25) is 0 Å². The number of imidazole rings is 1. The third-order valence-electron chi connectivity index (χ3n) is 1.72. The maximum atomic E-state index is 5.65. The molecule has 12 heavy (non-hydrogen) atoms. The average molecular weight is 159 g/mol. The maximum Gasteiger partial charge on any atom is 0.128 e. The van der Waals surface area contributed by atoms with Gasteiger partial charge in [0.25, 0.3) is 0 Å². The zero-order valence-corrected chi connectivity index (χ0v) is 6.49. The van der Waals surface area contributed by atoms with Gasteiger partial charge in [0.2, 0.25) is 0 Å². The number of aromatic nitrogens is 2. The summed E-state index contributed by atoms with van der Waals surface area (Å²) in [6, 6.07) is 9.85. The summed E-state index contributed by atoms with van der Waals surface area (Å²) < 4.78 is 0. The summed E-state index contributed by atoms with van der Waals surface area (Å²) in [6.45, 7) is 0. The Balaban J connectivity index is 2.51. The van der Waals surface area contributed by atoms with E-state index in [0.717, 1.165) is 11.3 Å². The van der Waals surface area contributed by atoms with E-state index in [0.29, 0.717) is 5.82 Å². The fourth-order valence-corrected chi connectivity index (χ4v) is 1.13. The van der Waals surface area contributed by atoms with E-state index in [1.807, 2.05) is 30.3 Å². The minimum Gasteiger partial charge on any atom is -0.383 e. The molecule has 3 heteroatoms. The summed E-state index contributed by atoms with van der Waals surface area (Å²) in [5.41, 5.74) is 7.51. The number of H-pyrrole nitrogens is 1. The molecule has 0 fully saturated rings. The number of hydrogen-bond acceptors (Lipinski definition) is 2. The summed E-state index contributed by atoms with van der Waals surface area (Å²) in [4.78, 5) is 6.94. The number of nitrogens with zero attached hydrogens (tertiary/aromatic N) is 1. The van der Waals surface area contributed by atoms with Crippen molar-refractivity contribution < 1.29 is 0 Å². The highest BCUT2D eigenvalue weighted by atomic mass is 15.0. The molecule has 0 aliphatic heterocycles. The van der Waals surface area contributed by atoms with E-state index < -0.39 is 0 Å². The molecule has 0 bridgehead atoms. The van der Waals surface area contributed by atoms with Crippen LogP contribution in [0.15, 0.2) is 36.7 Å². The third-order valence-corrected chi connectivity index (χ3v) is 1.72. The van der Waals surface area contributed by atoms with Gasteiger partial charge < -0.3 is 10.7 Å². The van der Waals surface area contributed by atoms with Crippen molar-refractivity contribution in [3.8, 4) is 11.3 Å². The van der Waals surface area contributed by atoms with Crippen molar-refractivity contribution in [1.29, 1.82) is 0 Å². The van der Waals surface area contributed by atoms with Crippen LogP contribution in [0, 0.1) is 0 Å². The van der Waals surface area contributed by atoms with Crippen LogP contribution in [0.4, 0.5) is 5.82 Å². The molecule has 1 aromatic heterocycles. The molecule has 2 aromatic rings. The van der Waals surface area contributed by atoms with Crippen LogP contribution in [-0.4, -0.2) is 9.97 Å². The molecule has 1 heterocycles. The predicted octanol–water partition coefficient (Wildman–Crippen LogP) is 1.66. The molecular formula is C9H9N3.